The standard InChI is InChI=1S/C19H23O4P/c1-4-22-24(21,23-5-2)18-13-11-17(12-14-18)19(15(3)20)16-9-7-6-8-10-16/h6-14,19H,4-5H2,1-3H3. The molecular weight excluding hydrogens is 323 g/mol. The van der Waals surface area contributed by atoms with E-state index in [4.69, 9.17) is 9.05 Å². The minimum atomic E-state index is -3.30. The van der Waals surface area contributed by atoms with Gasteiger partial charge in [0.15, 0.2) is 0 Å². The Kier molecular flexibility index (Phi) is 6.50. The highest BCUT2D eigenvalue weighted by molar-refractivity contribution is 7.62. The SMILES string of the molecule is CCOP(=O)(OCC)c1ccc(C(C(C)=O)c2ccccc2)cc1. The number of carbonyl (C=O) groups excluding carboxylic acids is 1. The molecule has 2 aromatic carbocycles. The third kappa shape index (κ3) is 4.21. The monoisotopic (exact) mass is 346 g/mol. The second kappa shape index (κ2) is 8.39. The van der Waals surface area contributed by atoms with Crippen LogP contribution >= 0.6 is 7.60 Å². The van der Waals surface area contributed by atoms with E-state index in [1.165, 1.54) is 0 Å². The molecule has 1 unspecified atom stereocenters. The average Bonchev–Trinajstić information content (AvgIpc) is 2.57. The zero-order valence-corrected chi connectivity index (χ0v) is 15.2. The molecule has 0 amide bonds. The topological polar surface area (TPSA) is 52.6 Å². The molecule has 0 spiro atoms. The molecule has 2 rings (SSSR count). The molecule has 0 aliphatic rings. The summed E-state index contributed by atoms with van der Waals surface area (Å²) in [7, 11) is -3.30. The fourth-order valence-corrected chi connectivity index (χ4v) is 4.25. The van der Waals surface area contributed by atoms with Crippen LogP contribution in [0.5, 0.6) is 0 Å². The number of Topliss-reactive ketones (excluding diaryl/α,β-unsaturated/α-hetero) is 1. The van der Waals surface area contributed by atoms with E-state index < -0.39 is 7.60 Å². The summed E-state index contributed by atoms with van der Waals surface area (Å²) in [6.07, 6.45) is 0. The van der Waals surface area contributed by atoms with Crippen molar-refractivity contribution >= 4 is 18.7 Å². The van der Waals surface area contributed by atoms with Gasteiger partial charge in [-0.15, -0.1) is 0 Å². The smallest absolute Gasteiger partial charge is 0.305 e. The summed E-state index contributed by atoms with van der Waals surface area (Å²) in [6, 6.07) is 16.7. The van der Waals surface area contributed by atoms with Gasteiger partial charge in [-0.05, 0) is 44.0 Å². The lowest BCUT2D eigenvalue weighted by Crippen LogP contribution is -2.14. The molecule has 0 fully saturated rings. The first-order valence-electron chi connectivity index (χ1n) is 8.07. The minimum Gasteiger partial charge on any atom is -0.305 e. The number of carbonyl (C=O) groups is 1. The van der Waals surface area contributed by atoms with Crippen molar-refractivity contribution in [1.29, 1.82) is 0 Å². The van der Waals surface area contributed by atoms with Crippen molar-refractivity contribution in [3.63, 3.8) is 0 Å². The van der Waals surface area contributed by atoms with Gasteiger partial charge in [-0.2, -0.15) is 0 Å². The van der Waals surface area contributed by atoms with E-state index in [0.717, 1.165) is 11.1 Å². The molecule has 4 nitrogen and oxygen atoms in total. The molecule has 128 valence electrons. The maximum absolute atomic E-state index is 12.8. The molecule has 0 N–H and O–H groups in total. The minimum absolute atomic E-state index is 0.0618. The zero-order valence-electron chi connectivity index (χ0n) is 14.3. The third-order valence-corrected chi connectivity index (χ3v) is 5.81. The fourth-order valence-electron chi connectivity index (χ4n) is 2.68. The predicted molar refractivity (Wildman–Crippen MR) is 95.9 cm³/mol. The van der Waals surface area contributed by atoms with Gasteiger partial charge in [0.1, 0.15) is 5.78 Å². The molecule has 0 saturated heterocycles. The fraction of sp³-hybridized carbons (Fsp3) is 0.316. The highest BCUT2D eigenvalue weighted by Crippen LogP contribution is 2.46. The Morgan fingerprint density at radius 1 is 0.917 bits per heavy atom. The van der Waals surface area contributed by atoms with Gasteiger partial charge in [-0.3, -0.25) is 9.36 Å². The first kappa shape index (κ1) is 18.6. The van der Waals surface area contributed by atoms with Gasteiger partial charge in [0, 0.05) is 0 Å². The predicted octanol–water partition coefficient (Wildman–Crippen LogP) is 4.30. The zero-order chi connectivity index (χ0) is 17.6. The van der Waals surface area contributed by atoms with Crippen LogP contribution < -0.4 is 5.30 Å². The first-order chi connectivity index (χ1) is 11.5. The van der Waals surface area contributed by atoms with Crippen LogP contribution in [0.2, 0.25) is 0 Å². The highest BCUT2D eigenvalue weighted by atomic mass is 31.2. The summed E-state index contributed by atoms with van der Waals surface area (Å²) in [4.78, 5) is 12.1. The van der Waals surface area contributed by atoms with Crippen LogP contribution in [0.1, 0.15) is 37.8 Å². The lowest BCUT2D eigenvalue weighted by atomic mass is 9.88. The largest absolute Gasteiger partial charge is 0.361 e. The molecule has 2 aromatic rings. The van der Waals surface area contributed by atoms with Crippen molar-refractivity contribution in [3.8, 4) is 0 Å². The molecule has 0 aliphatic carbocycles. The van der Waals surface area contributed by atoms with Gasteiger partial charge >= 0.3 is 7.60 Å². The van der Waals surface area contributed by atoms with Gasteiger partial charge in [0.05, 0.1) is 24.4 Å². The maximum Gasteiger partial charge on any atom is 0.361 e. The molecule has 24 heavy (non-hydrogen) atoms. The summed E-state index contributed by atoms with van der Waals surface area (Å²) in [5.41, 5.74) is 1.80. The normalized spacial score (nSPS) is 12.8. The summed E-state index contributed by atoms with van der Waals surface area (Å²) < 4.78 is 23.5. The van der Waals surface area contributed by atoms with Crippen molar-refractivity contribution < 1.29 is 18.4 Å². The van der Waals surface area contributed by atoms with Crippen LogP contribution in [-0.2, 0) is 18.4 Å². The lowest BCUT2D eigenvalue weighted by Gasteiger charge is -2.19. The number of benzene rings is 2. The summed E-state index contributed by atoms with van der Waals surface area (Å²) >= 11 is 0. The Morgan fingerprint density at radius 3 is 1.88 bits per heavy atom. The Balaban J connectivity index is 2.36. The molecule has 1 atom stereocenters. The Morgan fingerprint density at radius 2 is 1.42 bits per heavy atom. The molecule has 0 aliphatic heterocycles. The first-order valence-corrected chi connectivity index (χ1v) is 9.61. The Hall–Kier alpha value is -1.74. The molecule has 0 saturated carbocycles. The van der Waals surface area contributed by atoms with Gasteiger partial charge in [0.25, 0.3) is 0 Å². The summed E-state index contributed by atoms with van der Waals surface area (Å²) in [6.45, 7) is 5.75. The second-order valence-corrected chi connectivity index (χ2v) is 7.41. The Bertz CT molecular complexity index is 700. The van der Waals surface area contributed by atoms with Gasteiger partial charge in [-0.25, -0.2) is 0 Å². The van der Waals surface area contributed by atoms with Crippen LogP contribution in [0.25, 0.3) is 0 Å². The lowest BCUT2D eigenvalue weighted by molar-refractivity contribution is -0.117. The number of hydrogen-bond acceptors (Lipinski definition) is 4. The van der Waals surface area contributed by atoms with Crippen LogP contribution in [0.4, 0.5) is 0 Å². The van der Waals surface area contributed by atoms with E-state index in [0.29, 0.717) is 18.5 Å². The number of rotatable bonds is 8. The van der Waals surface area contributed by atoms with E-state index in [1.807, 2.05) is 42.5 Å². The quantitative estimate of drug-likeness (QED) is 0.669. The third-order valence-electron chi connectivity index (χ3n) is 3.68. The molecule has 0 radical (unpaired) electrons. The van der Waals surface area contributed by atoms with E-state index in [9.17, 15) is 9.36 Å². The molecule has 0 bridgehead atoms. The maximum atomic E-state index is 12.8. The molecule has 5 heteroatoms. The van der Waals surface area contributed by atoms with Crippen molar-refractivity contribution in [2.45, 2.75) is 26.7 Å². The van der Waals surface area contributed by atoms with Crippen LogP contribution in [0.15, 0.2) is 54.6 Å². The highest BCUT2D eigenvalue weighted by Gasteiger charge is 2.27. The van der Waals surface area contributed by atoms with Crippen molar-refractivity contribution in [3.05, 3.63) is 65.7 Å². The van der Waals surface area contributed by atoms with Crippen LogP contribution in [0.3, 0.4) is 0 Å². The Labute approximate surface area is 143 Å². The van der Waals surface area contributed by atoms with Crippen molar-refractivity contribution in [2.75, 3.05) is 13.2 Å². The summed E-state index contributed by atoms with van der Waals surface area (Å²) in [5, 5.41) is 0.505. The van der Waals surface area contributed by atoms with Gasteiger partial charge in [-0.1, -0.05) is 42.5 Å². The van der Waals surface area contributed by atoms with Gasteiger partial charge in [0.2, 0.25) is 0 Å². The molecular formula is C19H23O4P. The van der Waals surface area contributed by atoms with E-state index in [-0.39, 0.29) is 11.7 Å². The van der Waals surface area contributed by atoms with Gasteiger partial charge < -0.3 is 9.05 Å². The van der Waals surface area contributed by atoms with E-state index in [1.54, 1.807) is 32.9 Å². The van der Waals surface area contributed by atoms with Crippen LogP contribution in [-0.4, -0.2) is 19.0 Å². The van der Waals surface area contributed by atoms with Crippen LogP contribution in [0, 0.1) is 0 Å². The molecule has 0 aromatic heterocycles. The second-order valence-electron chi connectivity index (χ2n) is 5.38. The van der Waals surface area contributed by atoms with Crippen molar-refractivity contribution in [2.24, 2.45) is 0 Å². The number of ketones is 1. The summed E-state index contributed by atoms with van der Waals surface area (Å²) in [5.74, 6) is -0.273. The molecule has 0 heterocycles. The van der Waals surface area contributed by atoms with E-state index >= 15 is 0 Å². The van der Waals surface area contributed by atoms with E-state index in [2.05, 4.69) is 0 Å². The van der Waals surface area contributed by atoms with Crippen molar-refractivity contribution in [1.82, 2.24) is 0 Å². The average molecular weight is 346 g/mol. The number of hydrogen-bond donors (Lipinski definition) is 0.